The zero-order chi connectivity index (χ0) is 10.4. The fourth-order valence-corrected chi connectivity index (χ4v) is 1.45. The molecule has 0 radical (unpaired) electrons. The molecular weight excluding hydrogens is 172 g/mol. The maximum Gasteiger partial charge on any atom is 0.0669 e. The van der Waals surface area contributed by atoms with Crippen molar-refractivity contribution in [1.29, 1.82) is 5.26 Å². The molecule has 0 fully saturated rings. The van der Waals surface area contributed by atoms with Crippen LogP contribution in [0.5, 0.6) is 0 Å². The summed E-state index contributed by atoms with van der Waals surface area (Å²) in [5.74, 6) is 0. The number of nitrogens with two attached hydrogens (primary N) is 1. The molecule has 0 saturated heterocycles. The molecule has 2 nitrogen and oxygen atoms in total. The number of hydrogen-bond acceptors (Lipinski definition) is 2. The zero-order valence-corrected chi connectivity index (χ0v) is 8.11. The first-order valence-electron chi connectivity index (χ1n) is 4.60. The van der Waals surface area contributed by atoms with Crippen molar-refractivity contribution in [2.45, 2.75) is 18.9 Å². The molecule has 0 aliphatic heterocycles. The molecule has 0 aromatic heterocycles. The third kappa shape index (κ3) is 2.45. The summed E-state index contributed by atoms with van der Waals surface area (Å²) in [5, 5.41) is 8.64. The standard InChI is InChI=1S/C12H14N2/c1-2-5-12(14)11-7-4-3-6-10(11)8-9-13/h2-4,6-7,12H,1,5,8,14H2/t12-/m1/s1. The first-order valence-corrected chi connectivity index (χ1v) is 4.60. The van der Waals surface area contributed by atoms with E-state index in [-0.39, 0.29) is 6.04 Å². The van der Waals surface area contributed by atoms with Crippen LogP contribution >= 0.6 is 0 Å². The highest BCUT2D eigenvalue weighted by molar-refractivity contribution is 5.32. The first-order chi connectivity index (χ1) is 6.79. The average Bonchev–Trinajstić information content (AvgIpc) is 2.19. The molecule has 1 aromatic carbocycles. The summed E-state index contributed by atoms with van der Waals surface area (Å²) in [6, 6.07) is 9.89. The average molecular weight is 186 g/mol. The van der Waals surface area contributed by atoms with Crippen LogP contribution in [0.15, 0.2) is 36.9 Å². The Morgan fingerprint density at radius 3 is 2.86 bits per heavy atom. The molecule has 1 rings (SSSR count). The normalized spacial score (nSPS) is 11.7. The topological polar surface area (TPSA) is 49.8 Å². The lowest BCUT2D eigenvalue weighted by molar-refractivity contribution is 0.733. The maximum absolute atomic E-state index is 8.64. The molecule has 0 saturated carbocycles. The van der Waals surface area contributed by atoms with E-state index < -0.39 is 0 Å². The van der Waals surface area contributed by atoms with Crippen LogP contribution in [0.1, 0.15) is 23.6 Å². The lowest BCUT2D eigenvalue weighted by Gasteiger charge is -2.12. The molecule has 0 heterocycles. The van der Waals surface area contributed by atoms with E-state index in [4.69, 9.17) is 11.0 Å². The number of benzene rings is 1. The molecular formula is C12H14N2. The molecule has 0 bridgehead atoms. The van der Waals surface area contributed by atoms with Gasteiger partial charge in [0.25, 0.3) is 0 Å². The quantitative estimate of drug-likeness (QED) is 0.734. The molecule has 2 heteroatoms. The van der Waals surface area contributed by atoms with E-state index in [0.717, 1.165) is 17.5 Å². The van der Waals surface area contributed by atoms with E-state index in [0.29, 0.717) is 6.42 Å². The summed E-state index contributed by atoms with van der Waals surface area (Å²) in [6.45, 7) is 3.66. The monoisotopic (exact) mass is 186 g/mol. The predicted molar refractivity (Wildman–Crippen MR) is 57.5 cm³/mol. The number of rotatable bonds is 4. The Morgan fingerprint density at radius 2 is 2.21 bits per heavy atom. The molecule has 72 valence electrons. The fraction of sp³-hybridized carbons (Fsp3) is 0.250. The van der Waals surface area contributed by atoms with Gasteiger partial charge in [0.15, 0.2) is 0 Å². The Kier molecular flexibility index (Phi) is 3.90. The number of nitrogens with zero attached hydrogens (tertiary/aromatic N) is 1. The summed E-state index contributed by atoms with van der Waals surface area (Å²) in [6.07, 6.45) is 2.96. The second kappa shape index (κ2) is 5.21. The van der Waals surface area contributed by atoms with E-state index >= 15 is 0 Å². The molecule has 0 amide bonds. The Bertz CT molecular complexity index is 350. The third-order valence-corrected chi connectivity index (χ3v) is 2.14. The van der Waals surface area contributed by atoms with Gasteiger partial charge in [0.05, 0.1) is 12.5 Å². The lowest BCUT2D eigenvalue weighted by Crippen LogP contribution is -2.11. The minimum absolute atomic E-state index is 0.0444. The van der Waals surface area contributed by atoms with E-state index in [9.17, 15) is 0 Å². The fourth-order valence-electron chi connectivity index (χ4n) is 1.45. The van der Waals surface area contributed by atoms with E-state index in [1.54, 1.807) is 6.08 Å². The zero-order valence-electron chi connectivity index (χ0n) is 8.11. The van der Waals surface area contributed by atoms with Crippen molar-refractivity contribution in [2.24, 2.45) is 5.73 Å². The highest BCUT2D eigenvalue weighted by atomic mass is 14.6. The van der Waals surface area contributed by atoms with Crippen molar-refractivity contribution in [3.05, 3.63) is 48.0 Å². The Labute approximate surface area is 84.7 Å². The molecule has 0 aliphatic rings. The van der Waals surface area contributed by atoms with Gasteiger partial charge in [-0.05, 0) is 17.5 Å². The van der Waals surface area contributed by atoms with Crippen molar-refractivity contribution >= 4 is 0 Å². The van der Waals surface area contributed by atoms with Crippen LogP contribution in [-0.2, 0) is 6.42 Å². The summed E-state index contributed by atoms with van der Waals surface area (Å²) < 4.78 is 0. The maximum atomic E-state index is 8.64. The Morgan fingerprint density at radius 1 is 1.50 bits per heavy atom. The van der Waals surface area contributed by atoms with Gasteiger partial charge in [0.2, 0.25) is 0 Å². The molecule has 1 aromatic rings. The Hall–Kier alpha value is -1.59. The van der Waals surface area contributed by atoms with Crippen molar-refractivity contribution in [1.82, 2.24) is 0 Å². The van der Waals surface area contributed by atoms with E-state index in [1.165, 1.54) is 0 Å². The van der Waals surface area contributed by atoms with Crippen LogP contribution in [0.25, 0.3) is 0 Å². The number of nitriles is 1. The van der Waals surface area contributed by atoms with Gasteiger partial charge < -0.3 is 5.73 Å². The summed E-state index contributed by atoms with van der Waals surface area (Å²) in [4.78, 5) is 0. The van der Waals surface area contributed by atoms with Crippen LogP contribution < -0.4 is 5.73 Å². The van der Waals surface area contributed by atoms with Gasteiger partial charge in [-0.1, -0.05) is 30.3 Å². The molecule has 0 spiro atoms. The van der Waals surface area contributed by atoms with Crippen molar-refractivity contribution in [3.8, 4) is 6.07 Å². The van der Waals surface area contributed by atoms with Gasteiger partial charge >= 0.3 is 0 Å². The Balaban J connectivity index is 2.94. The smallest absolute Gasteiger partial charge is 0.0669 e. The SMILES string of the molecule is C=CC[C@@H](N)c1ccccc1CC#N. The molecule has 0 unspecified atom stereocenters. The van der Waals surface area contributed by atoms with E-state index in [1.807, 2.05) is 24.3 Å². The first kappa shape index (κ1) is 10.5. The highest BCUT2D eigenvalue weighted by Gasteiger charge is 2.08. The highest BCUT2D eigenvalue weighted by Crippen LogP contribution is 2.19. The van der Waals surface area contributed by atoms with Gasteiger partial charge in [0.1, 0.15) is 0 Å². The number of hydrogen-bond donors (Lipinski definition) is 1. The molecule has 1 atom stereocenters. The van der Waals surface area contributed by atoms with Gasteiger partial charge in [-0.15, -0.1) is 6.58 Å². The van der Waals surface area contributed by atoms with Gasteiger partial charge in [-0.2, -0.15) is 5.26 Å². The van der Waals surface area contributed by atoms with Gasteiger partial charge in [-0.3, -0.25) is 0 Å². The van der Waals surface area contributed by atoms with Crippen molar-refractivity contribution < 1.29 is 0 Å². The summed E-state index contributed by atoms with van der Waals surface area (Å²) in [7, 11) is 0. The summed E-state index contributed by atoms with van der Waals surface area (Å²) >= 11 is 0. The summed E-state index contributed by atoms with van der Waals surface area (Å²) in [5.41, 5.74) is 8.02. The molecule has 2 N–H and O–H groups in total. The van der Waals surface area contributed by atoms with Crippen LogP contribution in [-0.4, -0.2) is 0 Å². The van der Waals surface area contributed by atoms with Crippen LogP contribution in [0, 0.1) is 11.3 Å². The van der Waals surface area contributed by atoms with Crippen LogP contribution in [0.2, 0.25) is 0 Å². The molecule has 0 aliphatic carbocycles. The van der Waals surface area contributed by atoms with Crippen molar-refractivity contribution in [2.75, 3.05) is 0 Å². The van der Waals surface area contributed by atoms with Crippen molar-refractivity contribution in [3.63, 3.8) is 0 Å². The minimum atomic E-state index is -0.0444. The lowest BCUT2D eigenvalue weighted by atomic mass is 9.97. The third-order valence-electron chi connectivity index (χ3n) is 2.14. The molecule has 14 heavy (non-hydrogen) atoms. The second-order valence-electron chi connectivity index (χ2n) is 3.16. The van der Waals surface area contributed by atoms with Crippen LogP contribution in [0.4, 0.5) is 0 Å². The van der Waals surface area contributed by atoms with Gasteiger partial charge in [0, 0.05) is 6.04 Å². The van der Waals surface area contributed by atoms with E-state index in [2.05, 4.69) is 12.6 Å². The second-order valence-corrected chi connectivity index (χ2v) is 3.16. The van der Waals surface area contributed by atoms with Crippen LogP contribution in [0.3, 0.4) is 0 Å². The largest absolute Gasteiger partial charge is 0.324 e. The predicted octanol–water partition coefficient (Wildman–Crippen LogP) is 2.33. The van der Waals surface area contributed by atoms with Gasteiger partial charge in [-0.25, -0.2) is 0 Å². The minimum Gasteiger partial charge on any atom is -0.324 e.